The number of halogens is 2. The molecule has 0 aromatic heterocycles. The molecule has 2 N–H and O–H groups in total. The lowest BCUT2D eigenvalue weighted by Crippen LogP contribution is -2.39. The average Bonchev–Trinajstić information content (AvgIpc) is 2.94. The molecule has 0 aliphatic heterocycles. The number of nitrogens with one attached hydrogen (secondary N) is 1. The molecule has 0 spiro atoms. The summed E-state index contributed by atoms with van der Waals surface area (Å²) in [6.07, 6.45) is -0.105. The van der Waals surface area contributed by atoms with Gasteiger partial charge in [-0.3, -0.25) is 0 Å². The summed E-state index contributed by atoms with van der Waals surface area (Å²) in [5.74, 6) is 0.709. The highest BCUT2D eigenvalue weighted by molar-refractivity contribution is 6.34. The molecule has 0 bridgehead atoms. The van der Waals surface area contributed by atoms with Gasteiger partial charge in [-0.2, -0.15) is 0 Å². The minimum absolute atomic E-state index is 0.235. The summed E-state index contributed by atoms with van der Waals surface area (Å²) >= 11 is 12.1. The molecule has 0 fully saturated rings. The number of aryl methyl sites for hydroxylation is 1. The molecule has 0 heterocycles. The minimum atomic E-state index is -0.999. The Bertz CT molecular complexity index is 1300. The third-order valence-electron chi connectivity index (χ3n) is 6.18. The van der Waals surface area contributed by atoms with Crippen LogP contribution in [0.25, 0.3) is 0 Å². The Hall–Kier alpha value is -3.66. The maximum Gasteiger partial charge on any atom is 0.333 e. The van der Waals surface area contributed by atoms with Gasteiger partial charge in [0.1, 0.15) is 23.9 Å². The standard InChI is InChI=1S/C31H36Cl2N2O7/c1-4-40-29(30(36)37)17-22-7-9-25(10-8-22)42-15-13-35(12-5-14-41-26-19-23(32)18-24(33)20-26)31(38)34-27-16-21(2)6-11-28(27)39-3/h6-11,16,18-20,29H,4-5,12-15,17H2,1-3H3,(H,34,38)(H,36,37). The predicted molar refractivity (Wildman–Crippen MR) is 164 cm³/mol. The number of carbonyl (C=O) groups is 2. The number of benzene rings is 3. The number of rotatable bonds is 16. The van der Waals surface area contributed by atoms with Gasteiger partial charge in [0.25, 0.3) is 0 Å². The fourth-order valence-corrected chi connectivity index (χ4v) is 4.62. The highest BCUT2D eigenvalue weighted by atomic mass is 35.5. The monoisotopic (exact) mass is 618 g/mol. The Kier molecular flexibility index (Phi) is 13.1. The van der Waals surface area contributed by atoms with Crippen LogP contribution in [0, 0.1) is 6.92 Å². The number of ether oxygens (including phenoxy) is 4. The number of methoxy groups -OCH3 is 1. The fraction of sp³-hybridized carbons (Fsp3) is 0.355. The summed E-state index contributed by atoms with van der Waals surface area (Å²) in [5.41, 5.74) is 2.37. The highest BCUT2D eigenvalue weighted by Crippen LogP contribution is 2.26. The SMILES string of the molecule is CCOC(Cc1ccc(OCCN(CCCOc2cc(Cl)cc(Cl)c2)C(=O)Nc2cc(C)ccc2OC)cc1)C(=O)O. The van der Waals surface area contributed by atoms with Gasteiger partial charge in [-0.1, -0.05) is 41.4 Å². The summed E-state index contributed by atoms with van der Waals surface area (Å²) in [4.78, 5) is 26.3. The number of anilines is 1. The van der Waals surface area contributed by atoms with E-state index in [-0.39, 0.29) is 19.1 Å². The first kappa shape index (κ1) is 32.8. The normalized spacial score (nSPS) is 11.5. The van der Waals surface area contributed by atoms with Crippen LogP contribution < -0.4 is 19.5 Å². The van der Waals surface area contributed by atoms with E-state index < -0.39 is 12.1 Å². The van der Waals surface area contributed by atoms with Crippen LogP contribution in [0.5, 0.6) is 17.2 Å². The number of hydrogen-bond acceptors (Lipinski definition) is 6. The summed E-state index contributed by atoms with van der Waals surface area (Å²) in [6.45, 7) is 5.29. The Morgan fingerprint density at radius 1 is 0.929 bits per heavy atom. The number of carboxylic acid groups (broad SMARTS) is 1. The van der Waals surface area contributed by atoms with Crippen molar-refractivity contribution in [3.8, 4) is 17.2 Å². The zero-order valence-electron chi connectivity index (χ0n) is 23.9. The lowest BCUT2D eigenvalue weighted by Gasteiger charge is -2.24. The third-order valence-corrected chi connectivity index (χ3v) is 6.62. The van der Waals surface area contributed by atoms with E-state index in [0.717, 1.165) is 11.1 Å². The van der Waals surface area contributed by atoms with Crippen molar-refractivity contribution in [1.29, 1.82) is 0 Å². The number of amides is 2. The van der Waals surface area contributed by atoms with E-state index in [1.54, 1.807) is 67.5 Å². The Morgan fingerprint density at radius 2 is 1.62 bits per heavy atom. The zero-order valence-corrected chi connectivity index (χ0v) is 25.4. The topological polar surface area (TPSA) is 107 Å². The van der Waals surface area contributed by atoms with Crippen LogP contribution in [0.15, 0.2) is 60.7 Å². The van der Waals surface area contributed by atoms with Crippen molar-refractivity contribution in [2.45, 2.75) is 32.8 Å². The molecule has 2 amide bonds. The van der Waals surface area contributed by atoms with Crippen molar-refractivity contribution in [3.63, 3.8) is 0 Å². The molecule has 9 nitrogen and oxygen atoms in total. The number of carbonyl (C=O) groups excluding carboxylic acids is 1. The molecule has 3 aromatic carbocycles. The molecule has 0 saturated carbocycles. The summed E-state index contributed by atoms with van der Waals surface area (Å²) in [7, 11) is 1.55. The van der Waals surface area contributed by atoms with Gasteiger partial charge in [0.05, 0.1) is 25.9 Å². The molecule has 42 heavy (non-hydrogen) atoms. The van der Waals surface area contributed by atoms with E-state index in [9.17, 15) is 14.7 Å². The van der Waals surface area contributed by atoms with E-state index in [1.807, 2.05) is 19.1 Å². The fourth-order valence-electron chi connectivity index (χ4n) is 4.11. The molecule has 3 aromatic rings. The molecule has 1 atom stereocenters. The van der Waals surface area contributed by atoms with Gasteiger partial charge < -0.3 is 34.3 Å². The first-order valence-electron chi connectivity index (χ1n) is 13.5. The van der Waals surface area contributed by atoms with Gasteiger partial charge in [0, 0.05) is 29.6 Å². The van der Waals surface area contributed by atoms with Crippen LogP contribution in [-0.2, 0) is 16.0 Å². The molecule has 0 aliphatic rings. The van der Waals surface area contributed by atoms with E-state index in [4.69, 9.17) is 42.1 Å². The molecule has 0 radical (unpaired) electrons. The van der Waals surface area contributed by atoms with Crippen molar-refractivity contribution in [2.75, 3.05) is 45.3 Å². The lowest BCUT2D eigenvalue weighted by molar-refractivity contribution is -0.149. The van der Waals surface area contributed by atoms with Crippen molar-refractivity contribution < 1.29 is 33.6 Å². The molecule has 3 rings (SSSR count). The minimum Gasteiger partial charge on any atom is -0.495 e. The van der Waals surface area contributed by atoms with E-state index in [1.165, 1.54) is 0 Å². The Balaban J connectivity index is 1.60. The first-order valence-corrected chi connectivity index (χ1v) is 14.3. The van der Waals surface area contributed by atoms with Crippen molar-refractivity contribution in [3.05, 3.63) is 81.8 Å². The zero-order chi connectivity index (χ0) is 30.5. The first-order chi connectivity index (χ1) is 20.2. The van der Waals surface area contributed by atoms with Gasteiger partial charge in [-0.15, -0.1) is 0 Å². The second kappa shape index (κ2) is 16.7. The van der Waals surface area contributed by atoms with Crippen LogP contribution in [0.3, 0.4) is 0 Å². The molecular formula is C31H36Cl2N2O7. The van der Waals surface area contributed by atoms with Gasteiger partial charge in [0.2, 0.25) is 0 Å². The van der Waals surface area contributed by atoms with E-state index in [0.29, 0.717) is 65.7 Å². The number of carboxylic acids is 1. The van der Waals surface area contributed by atoms with Crippen molar-refractivity contribution in [1.82, 2.24) is 4.90 Å². The second-order valence-corrected chi connectivity index (χ2v) is 10.3. The highest BCUT2D eigenvalue weighted by Gasteiger charge is 2.18. The van der Waals surface area contributed by atoms with Crippen LogP contribution in [0.4, 0.5) is 10.5 Å². The van der Waals surface area contributed by atoms with Gasteiger partial charge in [0.15, 0.2) is 6.10 Å². The molecular weight excluding hydrogens is 583 g/mol. The molecule has 226 valence electrons. The second-order valence-electron chi connectivity index (χ2n) is 9.41. The average molecular weight is 620 g/mol. The summed E-state index contributed by atoms with van der Waals surface area (Å²) < 4.78 is 22.4. The lowest BCUT2D eigenvalue weighted by atomic mass is 10.1. The smallest absolute Gasteiger partial charge is 0.333 e. The number of aliphatic carboxylic acids is 1. The number of nitrogens with zero attached hydrogens (tertiary/aromatic N) is 1. The van der Waals surface area contributed by atoms with Crippen LogP contribution in [0.2, 0.25) is 10.0 Å². The quantitative estimate of drug-likeness (QED) is 0.171. The van der Waals surface area contributed by atoms with Crippen LogP contribution >= 0.6 is 23.2 Å². The maximum absolute atomic E-state index is 13.3. The molecule has 0 saturated heterocycles. The van der Waals surface area contributed by atoms with Crippen molar-refractivity contribution in [2.24, 2.45) is 0 Å². The number of urea groups is 1. The molecule has 1 unspecified atom stereocenters. The molecule has 11 heteroatoms. The Labute approximate surface area is 256 Å². The number of hydrogen-bond donors (Lipinski definition) is 2. The van der Waals surface area contributed by atoms with E-state index >= 15 is 0 Å². The third kappa shape index (κ3) is 10.6. The van der Waals surface area contributed by atoms with Crippen LogP contribution in [-0.4, -0.2) is 68.1 Å². The predicted octanol–water partition coefficient (Wildman–Crippen LogP) is 6.72. The Morgan fingerprint density at radius 3 is 2.26 bits per heavy atom. The largest absolute Gasteiger partial charge is 0.495 e. The summed E-state index contributed by atoms with van der Waals surface area (Å²) in [6, 6.07) is 17.4. The summed E-state index contributed by atoms with van der Waals surface area (Å²) in [5, 5.41) is 13.2. The molecule has 0 aliphatic carbocycles. The maximum atomic E-state index is 13.3. The van der Waals surface area contributed by atoms with E-state index in [2.05, 4.69) is 5.32 Å². The van der Waals surface area contributed by atoms with Crippen LogP contribution in [0.1, 0.15) is 24.5 Å². The van der Waals surface area contributed by atoms with Gasteiger partial charge in [-0.05, 0) is 73.9 Å². The van der Waals surface area contributed by atoms with Gasteiger partial charge >= 0.3 is 12.0 Å². The van der Waals surface area contributed by atoms with Gasteiger partial charge in [-0.25, -0.2) is 9.59 Å². The van der Waals surface area contributed by atoms with Crippen molar-refractivity contribution >= 4 is 40.9 Å².